The maximum absolute atomic E-state index is 13.0. The molecule has 1 unspecified atom stereocenters. The van der Waals surface area contributed by atoms with E-state index in [1.54, 1.807) is 35.0 Å². The fraction of sp³-hybridized carbons (Fsp3) is 0.294. The molecule has 1 saturated heterocycles. The Labute approximate surface area is 144 Å². The summed E-state index contributed by atoms with van der Waals surface area (Å²) in [5, 5.41) is 11.2. The molecule has 1 aliphatic rings. The van der Waals surface area contributed by atoms with Gasteiger partial charge in [0.05, 0.1) is 17.2 Å². The summed E-state index contributed by atoms with van der Waals surface area (Å²) in [6.45, 7) is 0.358. The Kier molecular flexibility index (Phi) is 5.10. The van der Waals surface area contributed by atoms with Gasteiger partial charge in [-0.05, 0) is 30.4 Å². The number of hydrogen-bond donors (Lipinski definition) is 0. The van der Waals surface area contributed by atoms with Gasteiger partial charge >= 0.3 is 0 Å². The van der Waals surface area contributed by atoms with Crippen molar-refractivity contribution in [2.75, 3.05) is 11.5 Å². The van der Waals surface area contributed by atoms with Gasteiger partial charge in [-0.25, -0.2) is 0 Å². The maximum Gasteiger partial charge on any atom is 0.282 e. The van der Waals surface area contributed by atoms with Crippen LogP contribution in [0, 0.1) is 10.1 Å². The molecule has 1 atom stereocenters. The van der Waals surface area contributed by atoms with Crippen molar-refractivity contribution in [3.05, 3.63) is 70.0 Å². The van der Waals surface area contributed by atoms with Crippen molar-refractivity contribution in [1.29, 1.82) is 0 Å². The number of aromatic nitrogens is 1. The van der Waals surface area contributed by atoms with Crippen LogP contribution in [0.1, 0.15) is 22.5 Å². The van der Waals surface area contributed by atoms with Gasteiger partial charge in [0, 0.05) is 24.1 Å². The summed E-state index contributed by atoms with van der Waals surface area (Å²) >= 11 is 1.80. The Hall–Kier alpha value is -2.41. The van der Waals surface area contributed by atoms with Crippen LogP contribution in [-0.2, 0) is 6.54 Å². The topological polar surface area (TPSA) is 76.3 Å². The predicted molar refractivity (Wildman–Crippen MR) is 92.9 cm³/mol. The first-order valence-corrected chi connectivity index (χ1v) is 8.84. The van der Waals surface area contributed by atoms with Crippen LogP contribution in [0.5, 0.6) is 0 Å². The number of carbonyl (C=O) groups is 1. The fourth-order valence-electron chi connectivity index (χ4n) is 2.77. The molecule has 1 amide bonds. The van der Waals surface area contributed by atoms with Crippen molar-refractivity contribution < 1.29 is 9.72 Å². The number of nitrogens with zero attached hydrogens (tertiary/aromatic N) is 3. The molecule has 0 N–H and O–H groups in total. The lowest BCUT2D eigenvalue weighted by Gasteiger charge is -2.28. The smallest absolute Gasteiger partial charge is 0.282 e. The number of benzene rings is 1. The summed E-state index contributed by atoms with van der Waals surface area (Å²) in [7, 11) is 0. The van der Waals surface area contributed by atoms with Gasteiger partial charge in [-0.1, -0.05) is 18.2 Å². The van der Waals surface area contributed by atoms with Crippen molar-refractivity contribution in [2.45, 2.75) is 19.0 Å². The number of pyridine rings is 1. The minimum Gasteiger partial charge on any atom is -0.329 e. The number of nitro groups is 1. The molecule has 0 aliphatic carbocycles. The van der Waals surface area contributed by atoms with Crippen LogP contribution in [-0.4, -0.2) is 38.3 Å². The molecular weight excluding hydrogens is 326 g/mol. The molecule has 1 aliphatic heterocycles. The number of thioether (sulfide) groups is 1. The van der Waals surface area contributed by atoms with Gasteiger partial charge in [0.25, 0.3) is 11.6 Å². The molecule has 2 aromatic rings. The maximum atomic E-state index is 13.0. The average Bonchev–Trinajstić information content (AvgIpc) is 3.14. The molecule has 0 bridgehead atoms. The van der Waals surface area contributed by atoms with Gasteiger partial charge in [-0.2, -0.15) is 11.8 Å². The standard InChI is InChI=1S/C17H17N3O3S/c21-17(15-6-1-2-7-16(15)20(22)23)19(14-8-10-24-12-14)11-13-5-3-4-9-18-13/h1-7,9,14H,8,10-12H2. The first kappa shape index (κ1) is 16.4. The minimum atomic E-state index is -0.504. The number of para-hydroxylation sites is 1. The summed E-state index contributed by atoms with van der Waals surface area (Å²) in [6.07, 6.45) is 2.58. The van der Waals surface area contributed by atoms with E-state index in [1.807, 2.05) is 18.2 Å². The Morgan fingerprint density at radius 1 is 1.29 bits per heavy atom. The quantitative estimate of drug-likeness (QED) is 0.616. The van der Waals surface area contributed by atoms with Gasteiger partial charge in [-0.15, -0.1) is 0 Å². The summed E-state index contributed by atoms with van der Waals surface area (Å²) in [5.41, 5.74) is 0.760. The molecule has 2 heterocycles. The van der Waals surface area contributed by atoms with E-state index in [-0.39, 0.29) is 23.2 Å². The zero-order valence-corrected chi connectivity index (χ0v) is 13.8. The SMILES string of the molecule is O=C(c1ccccc1[N+](=O)[O-])N(Cc1ccccn1)C1CCSC1. The van der Waals surface area contributed by atoms with E-state index in [1.165, 1.54) is 12.1 Å². The van der Waals surface area contributed by atoms with Crippen LogP contribution in [0.3, 0.4) is 0 Å². The van der Waals surface area contributed by atoms with Crippen LogP contribution in [0.2, 0.25) is 0 Å². The largest absolute Gasteiger partial charge is 0.329 e. The van der Waals surface area contributed by atoms with Crippen molar-refractivity contribution in [1.82, 2.24) is 9.88 Å². The Balaban J connectivity index is 1.93. The van der Waals surface area contributed by atoms with Crippen LogP contribution in [0.25, 0.3) is 0 Å². The van der Waals surface area contributed by atoms with Gasteiger partial charge in [0.2, 0.25) is 0 Å². The third kappa shape index (κ3) is 3.56. The highest BCUT2D eigenvalue weighted by atomic mass is 32.2. The predicted octanol–water partition coefficient (Wildman–Crippen LogP) is 3.14. The van der Waals surface area contributed by atoms with E-state index in [2.05, 4.69) is 4.98 Å². The molecule has 0 saturated carbocycles. The second-order valence-electron chi connectivity index (χ2n) is 5.55. The fourth-order valence-corrected chi connectivity index (χ4v) is 3.99. The summed E-state index contributed by atoms with van der Waals surface area (Å²) in [4.78, 5) is 29.8. The molecule has 0 spiro atoms. The number of carbonyl (C=O) groups excluding carboxylic acids is 1. The third-order valence-electron chi connectivity index (χ3n) is 4.00. The van der Waals surface area contributed by atoms with Crippen LogP contribution in [0.4, 0.5) is 5.69 Å². The minimum absolute atomic E-state index is 0.0734. The second-order valence-corrected chi connectivity index (χ2v) is 6.70. The molecule has 24 heavy (non-hydrogen) atoms. The van der Waals surface area contributed by atoms with Crippen molar-refractivity contribution in [3.8, 4) is 0 Å². The molecule has 124 valence electrons. The van der Waals surface area contributed by atoms with E-state index < -0.39 is 4.92 Å². The van der Waals surface area contributed by atoms with Crippen LogP contribution < -0.4 is 0 Å². The molecular formula is C17H17N3O3S. The van der Waals surface area contributed by atoms with Crippen LogP contribution in [0.15, 0.2) is 48.7 Å². The van der Waals surface area contributed by atoms with Crippen molar-refractivity contribution in [2.24, 2.45) is 0 Å². The highest BCUT2D eigenvalue weighted by Gasteiger charge is 2.31. The molecule has 1 fully saturated rings. The van der Waals surface area contributed by atoms with Gasteiger partial charge < -0.3 is 4.90 Å². The number of amides is 1. The normalized spacial score (nSPS) is 16.8. The van der Waals surface area contributed by atoms with E-state index in [9.17, 15) is 14.9 Å². The number of hydrogen-bond acceptors (Lipinski definition) is 5. The summed E-state index contributed by atoms with van der Waals surface area (Å²) in [6, 6.07) is 11.8. The van der Waals surface area contributed by atoms with E-state index in [0.717, 1.165) is 23.6 Å². The van der Waals surface area contributed by atoms with Gasteiger partial charge in [0.15, 0.2) is 0 Å². The van der Waals surface area contributed by atoms with E-state index >= 15 is 0 Å². The lowest BCUT2D eigenvalue weighted by molar-refractivity contribution is -0.385. The molecule has 7 heteroatoms. The van der Waals surface area contributed by atoms with Crippen molar-refractivity contribution >= 4 is 23.4 Å². The molecule has 1 aromatic heterocycles. The summed E-state index contributed by atoms with van der Waals surface area (Å²) < 4.78 is 0. The summed E-state index contributed by atoms with van der Waals surface area (Å²) in [5.74, 6) is 1.53. The number of rotatable bonds is 5. The lowest BCUT2D eigenvalue weighted by Crippen LogP contribution is -2.40. The van der Waals surface area contributed by atoms with E-state index in [0.29, 0.717) is 6.54 Å². The lowest BCUT2D eigenvalue weighted by atomic mass is 10.1. The Morgan fingerprint density at radius 3 is 2.75 bits per heavy atom. The van der Waals surface area contributed by atoms with E-state index in [4.69, 9.17) is 0 Å². The zero-order chi connectivity index (χ0) is 16.9. The zero-order valence-electron chi connectivity index (χ0n) is 13.0. The molecule has 1 aromatic carbocycles. The van der Waals surface area contributed by atoms with Gasteiger partial charge in [-0.3, -0.25) is 19.9 Å². The third-order valence-corrected chi connectivity index (χ3v) is 5.14. The number of nitro benzene ring substituents is 1. The van der Waals surface area contributed by atoms with Crippen LogP contribution >= 0.6 is 11.8 Å². The monoisotopic (exact) mass is 343 g/mol. The first-order valence-electron chi connectivity index (χ1n) is 7.69. The molecule has 3 rings (SSSR count). The highest BCUT2D eigenvalue weighted by molar-refractivity contribution is 7.99. The Bertz CT molecular complexity index is 733. The average molecular weight is 343 g/mol. The van der Waals surface area contributed by atoms with Gasteiger partial charge in [0.1, 0.15) is 5.56 Å². The molecule has 0 radical (unpaired) electrons. The Morgan fingerprint density at radius 2 is 2.08 bits per heavy atom. The first-order chi connectivity index (χ1) is 11.7. The highest BCUT2D eigenvalue weighted by Crippen LogP contribution is 2.27. The molecule has 6 nitrogen and oxygen atoms in total. The van der Waals surface area contributed by atoms with Crippen molar-refractivity contribution in [3.63, 3.8) is 0 Å². The second kappa shape index (κ2) is 7.44.